The summed E-state index contributed by atoms with van der Waals surface area (Å²) >= 11 is 1.88. The van der Waals surface area contributed by atoms with Crippen molar-refractivity contribution in [2.45, 2.75) is 0 Å². The number of rotatable bonds is 5. The minimum absolute atomic E-state index is 0.650. The van der Waals surface area contributed by atoms with Crippen molar-refractivity contribution in [1.29, 1.82) is 5.26 Å². The summed E-state index contributed by atoms with van der Waals surface area (Å²) in [5.41, 5.74) is 14.6. The van der Waals surface area contributed by atoms with Crippen LogP contribution in [0.25, 0.3) is 109 Å². The molecule has 0 aliphatic rings. The Morgan fingerprint density at radius 1 is 0.356 bits per heavy atom. The van der Waals surface area contributed by atoms with Crippen LogP contribution in [0.1, 0.15) is 5.56 Å². The number of nitriles is 1. The fourth-order valence-corrected chi connectivity index (χ4v) is 10.4. The minimum Gasteiger partial charge on any atom is -0.309 e. The second kappa shape index (κ2) is 13.2. The van der Waals surface area contributed by atoms with E-state index in [-0.39, 0.29) is 0 Å². The molecule has 0 aliphatic carbocycles. The normalized spacial score (nSPS) is 11.7. The summed E-state index contributed by atoms with van der Waals surface area (Å²) in [5.74, 6) is 0. The molecule has 0 amide bonds. The van der Waals surface area contributed by atoms with Gasteiger partial charge in [0, 0.05) is 53.1 Å². The van der Waals surface area contributed by atoms with E-state index >= 15 is 0 Å². The third kappa shape index (κ3) is 5.26. The van der Waals surface area contributed by atoms with Crippen molar-refractivity contribution >= 4 is 75.1 Å². The van der Waals surface area contributed by atoms with E-state index < -0.39 is 0 Å². The highest BCUT2D eigenvalue weighted by atomic mass is 32.1. The minimum atomic E-state index is 0.650. The first kappa shape index (κ1) is 33.4. The van der Waals surface area contributed by atoms with Crippen molar-refractivity contribution in [2.75, 3.05) is 0 Å². The Bertz CT molecular complexity index is 3670. The topological polar surface area (TPSA) is 33.6 Å². The van der Waals surface area contributed by atoms with E-state index in [2.05, 4.69) is 197 Å². The lowest BCUT2D eigenvalue weighted by Crippen LogP contribution is -1.94. The average Bonchev–Trinajstić information content (AvgIpc) is 3.96. The van der Waals surface area contributed by atoms with Crippen LogP contribution in [0.15, 0.2) is 200 Å². The number of fused-ring (bicyclic) bond motifs is 9. The summed E-state index contributed by atoms with van der Waals surface area (Å²) in [4.78, 5) is 0. The molecule has 274 valence electrons. The van der Waals surface area contributed by atoms with Gasteiger partial charge in [-0.05, 0) is 106 Å². The van der Waals surface area contributed by atoms with Crippen molar-refractivity contribution in [1.82, 2.24) is 9.13 Å². The van der Waals surface area contributed by atoms with Crippen LogP contribution < -0.4 is 0 Å². The molecular weight excluding hydrogens is 735 g/mol. The molecule has 0 unspecified atom stereocenters. The van der Waals surface area contributed by atoms with Gasteiger partial charge < -0.3 is 9.13 Å². The fourth-order valence-electron chi connectivity index (χ4n) is 9.20. The highest BCUT2D eigenvalue weighted by Gasteiger charge is 2.18. The molecule has 3 aromatic heterocycles. The van der Waals surface area contributed by atoms with Crippen LogP contribution in [0.4, 0.5) is 0 Å². The summed E-state index contributed by atoms with van der Waals surface area (Å²) in [6, 6.07) is 74.4. The lowest BCUT2D eigenvalue weighted by molar-refractivity contribution is 1.18. The first-order chi connectivity index (χ1) is 29.2. The molecule has 0 atom stereocenters. The lowest BCUT2D eigenvalue weighted by atomic mass is 9.97. The lowest BCUT2D eigenvalue weighted by Gasteiger charge is -2.10. The standard InChI is InChI=1S/C55H33N3S/c56-34-35-10-8-13-42(30-35)58-50-18-6-4-14-44(50)48-31-38(26-29-52(48)58)36-20-22-37(23-21-36)39-25-28-51-49(32-39)45-27-24-40(33-53(45)57(51)41-11-2-1-3-12-41)43-16-9-17-47-46-15-5-7-19-54(46)59-55(43)47/h1-33H. The van der Waals surface area contributed by atoms with Gasteiger partial charge in [-0.15, -0.1) is 11.3 Å². The molecule has 0 radical (unpaired) electrons. The summed E-state index contributed by atoms with van der Waals surface area (Å²) in [6.45, 7) is 0. The monoisotopic (exact) mass is 767 g/mol. The highest BCUT2D eigenvalue weighted by molar-refractivity contribution is 7.26. The smallest absolute Gasteiger partial charge is 0.0992 e. The summed E-state index contributed by atoms with van der Waals surface area (Å²) in [6.07, 6.45) is 0. The summed E-state index contributed by atoms with van der Waals surface area (Å²) in [7, 11) is 0. The molecule has 12 rings (SSSR count). The molecule has 4 heteroatoms. The largest absolute Gasteiger partial charge is 0.309 e. The Labute approximate surface area is 344 Å². The SMILES string of the molecule is N#Cc1cccc(-n2c3ccccc3c3cc(-c4ccc(-c5ccc6c(c5)c5ccc(-c7cccc8c7sc7ccccc78)cc5n6-c5ccccc5)cc4)ccc32)c1. The molecule has 0 spiro atoms. The summed E-state index contributed by atoms with van der Waals surface area (Å²) < 4.78 is 7.32. The maximum atomic E-state index is 9.60. The molecule has 0 fully saturated rings. The van der Waals surface area contributed by atoms with E-state index in [9.17, 15) is 5.26 Å². The fraction of sp³-hybridized carbons (Fsp3) is 0. The van der Waals surface area contributed by atoms with E-state index in [1.54, 1.807) is 0 Å². The number of para-hydroxylation sites is 2. The highest BCUT2D eigenvalue weighted by Crippen LogP contribution is 2.43. The Kier molecular flexibility index (Phi) is 7.47. The molecule has 12 aromatic rings. The molecule has 0 bridgehead atoms. The van der Waals surface area contributed by atoms with Crippen molar-refractivity contribution in [3.05, 3.63) is 206 Å². The predicted molar refractivity (Wildman–Crippen MR) is 249 cm³/mol. The molecule has 0 N–H and O–H groups in total. The van der Waals surface area contributed by atoms with Gasteiger partial charge in [-0.3, -0.25) is 0 Å². The van der Waals surface area contributed by atoms with Gasteiger partial charge in [-0.25, -0.2) is 0 Å². The van der Waals surface area contributed by atoms with Gasteiger partial charge in [0.05, 0.1) is 33.7 Å². The maximum Gasteiger partial charge on any atom is 0.0992 e. The Balaban J connectivity index is 0.951. The zero-order valence-corrected chi connectivity index (χ0v) is 32.6. The van der Waals surface area contributed by atoms with Crippen LogP contribution in [0.5, 0.6) is 0 Å². The molecule has 3 nitrogen and oxygen atoms in total. The molecule has 3 heterocycles. The third-order valence-corrected chi connectivity index (χ3v) is 13.2. The van der Waals surface area contributed by atoms with Gasteiger partial charge in [0.1, 0.15) is 0 Å². The van der Waals surface area contributed by atoms with Gasteiger partial charge in [0.25, 0.3) is 0 Å². The molecule has 0 saturated carbocycles. The number of aromatic nitrogens is 2. The third-order valence-electron chi connectivity index (χ3n) is 12.0. The first-order valence-electron chi connectivity index (χ1n) is 19.9. The van der Waals surface area contributed by atoms with E-state index in [1.165, 1.54) is 86.1 Å². The van der Waals surface area contributed by atoms with Gasteiger partial charge in [-0.2, -0.15) is 5.26 Å². The number of benzene rings is 9. The van der Waals surface area contributed by atoms with Crippen LogP contribution in [0.2, 0.25) is 0 Å². The van der Waals surface area contributed by atoms with Crippen molar-refractivity contribution in [3.8, 4) is 50.8 Å². The van der Waals surface area contributed by atoms with Crippen LogP contribution in [0.3, 0.4) is 0 Å². The van der Waals surface area contributed by atoms with Gasteiger partial charge >= 0.3 is 0 Å². The van der Waals surface area contributed by atoms with Crippen LogP contribution >= 0.6 is 11.3 Å². The van der Waals surface area contributed by atoms with Crippen LogP contribution in [-0.2, 0) is 0 Å². The zero-order valence-electron chi connectivity index (χ0n) is 31.8. The van der Waals surface area contributed by atoms with E-state index in [0.29, 0.717) is 5.56 Å². The zero-order chi connectivity index (χ0) is 39.0. The molecule has 9 aromatic carbocycles. The van der Waals surface area contributed by atoms with E-state index in [4.69, 9.17) is 0 Å². The molecule has 59 heavy (non-hydrogen) atoms. The van der Waals surface area contributed by atoms with Crippen molar-refractivity contribution in [2.24, 2.45) is 0 Å². The second-order valence-electron chi connectivity index (χ2n) is 15.2. The average molecular weight is 768 g/mol. The molecular formula is C55H33N3S. The maximum absolute atomic E-state index is 9.60. The van der Waals surface area contributed by atoms with Crippen LogP contribution in [0, 0.1) is 11.3 Å². The second-order valence-corrected chi connectivity index (χ2v) is 16.3. The molecule has 0 saturated heterocycles. The quantitative estimate of drug-likeness (QED) is 0.172. The van der Waals surface area contributed by atoms with Gasteiger partial charge in [0.15, 0.2) is 0 Å². The van der Waals surface area contributed by atoms with Crippen molar-refractivity contribution in [3.63, 3.8) is 0 Å². The van der Waals surface area contributed by atoms with E-state index in [1.807, 2.05) is 29.5 Å². The first-order valence-corrected chi connectivity index (χ1v) is 20.7. The summed E-state index contributed by atoms with van der Waals surface area (Å²) in [5, 5.41) is 17.1. The van der Waals surface area contributed by atoms with Gasteiger partial charge in [-0.1, -0.05) is 127 Å². The Morgan fingerprint density at radius 2 is 0.915 bits per heavy atom. The van der Waals surface area contributed by atoms with Gasteiger partial charge in [0.2, 0.25) is 0 Å². The number of hydrogen-bond donors (Lipinski definition) is 0. The van der Waals surface area contributed by atoms with Crippen molar-refractivity contribution < 1.29 is 0 Å². The van der Waals surface area contributed by atoms with Crippen LogP contribution in [-0.4, -0.2) is 9.13 Å². The Hall–Kier alpha value is -7.71. The number of thiophene rings is 1. The van der Waals surface area contributed by atoms with E-state index in [0.717, 1.165) is 22.4 Å². The molecule has 0 aliphatic heterocycles. The Morgan fingerprint density at radius 3 is 1.66 bits per heavy atom. The predicted octanol–water partition coefficient (Wildman–Crippen LogP) is 15.1. The number of hydrogen-bond acceptors (Lipinski definition) is 2. The number of nitrogens with zero attached hydrogens (tertiary/aromatic N) is 3.